The number of ketones is 1. The number of ether oxygens (including phenoxy) is 1. The third-order valence-corrected chi connectivity index (χ3v) is 5.38. The van der Waals surface area contributed by atoms with Crippen molar-refractivity contribution in [2.24, 2.45) is 13.0 Å². The van der Waals surface area contributed by atoms with Gasteiger partial charge in [-0.2, -0.15) is 0 Å². The molecule has 1 aromatic carbocycles. The Morgan fingerprint density at radius 1 is 1.36 bits per heavy atom. The number of hydrogen-bond donors (Lipinski definition) is 1. The molecule has 1 unspecified atom stereocenters. The lowest BCUT2D eigenvalue weighted by atomic mass is 9.91. The number of rotatable bonds is 6. The van der Waals surface area contributed by atoms with Gasteiger partial charge in [0.2, 0.25) is 5.78 Å². The van der Waals surface area contributed by atoms with Crippen molar-refractivity contribution in [2.45, 2.75) is 32.3 Å². The molecule has 2 aromatic rings. The second kappa shape index (κ2) is 8.15. The van der Waals surface area contributed by atoms with Gasteiger partial charge >= 0.3 is 0 Å². The van der Waals surface area contributed by atoms with Crippen LogP contribution in [0.25, 0.3) is 0 Å². The molecule has 1 fully saturated rings. The van der Waals surface area contributed by atoms with Crippen molar-refractivity contribution in [3.8, 4) is 6.01 Å². The van der Waals surface area contributed by atoms with Crippen LogP contribution in [0.3, 0.4) is 0 Å². The Labute approximate surface area is 156 Å². The van der Waals surface area contributed by atoms with Crippen molar-refractivity contribution in [1.29, 1.82) is 0 Å². The van der Waals surface area contributed by atoms with E-state index in [2.05, 4.69) is 33.2 Å². The van der Waals surface area contributed by atoms with Gasteiger partial charge in [0.25, 0.3) is 6.01 Å². The first-order chi connectivity index (χ1) is 12.1. The molecule has 6 heteroatoms. The van der Waals surface area contributed by atoms with Crippen LogP contribution in [0.1, 0.15) is 42.2 Å². The highest BCUT2D eigenvalue weighted by molar-refractivity contribution is 9.10. The van der Waals surface area contributed by atoms with Gasteiger partial charge in [-0.05, 0) is 62.5 Å². The van der Waals surface area contributed by atoms with E-state index in [9.17, 15) is 4.79 Å². The fraction of sp³-hybridized carbons (Fsp3) is 0.474. The van der Waals surface area contributed by atoms with E-state index in [0.29, 0.717) is 23.2 Å². The van der Waals surface area contributed by atoms with Gasteiger partial charge in [0, 0.05) is 17.1 Å². The summed E-state index contributed by atoms with van der Waals surface area (Å²) in [5.74, 6) is 0.487. The Hall–Kier alpha value is -1.66. The molecule has 1 aromatic heterocycles. The maximum absolute atomic E-state index is 12.7. The third kappa shape index (κ3) is 4.12. The SMILES string of the molecule is CCC(Oc1ncc(C(=O)c2ccc(Br)cc2)n1C)C1CCNCC1. The van der Waals surface area contributed by atoms with Crippen LogP contribution in [-0.4, -0.2) is 34.5 Å². The van der Waals surface area contributed by atoms with Crippen molar-refractivity contribution in [2.75, 3.05) is 13.1 Å². The summed E-state index contributed by atoms with van der Waals surface area (Å²) in [5, 5.41) is 3.39. The highest BCUT2D eigenvalue weighted by atomic mass is 79.9. The first-order valence-corrected chi connectivity index (χ1v) is 9.58. The first-order valence-electron chi connectivity index (χ1n) is 8.79. The van der Waals surface area contributed by atoms with Gasteiger partial charge in [-0.1, -0.05) is 22.9 Å². The Kier molecular flexibility index (Phi) is 5.91. The van der Waals surface area contributed by atoms with E-state index in [4.69, 9.17) is 4.74 Å². The number of imidazole rings is 1. The minimum atomic E-state index is -0.0488. The predicted octanol–water partition coefficient (Wildman–Crippen LogP) is 3.57. The van der Waals surface area contributed by atoms with E-state index in [1.165, 1.54) is 0 Å². The van der Waals surface area contributed by atoms with E-state index >= 15 is 0 Å². The smallest absolute Gasteiger partial charge is 0.296 e. The molecule has 2 heterocycles. The number of piperidine rings is 1. The molecule has 1 aliphatic rings. The van der Waals surface area contributed by atoms with Crippen molar-refractivity contribution >= 4 is 21.7 Å². The fourth-order valence-electron chi connectivity index (χ4n) is 3.33. The zero-order valence-corrected chi connectivity index (χ0v) is 16.3. The van der Waals surface area contributed by atoms with Crippen molar-refractivity contribution in [1.82, 2.24) is 14.9 Å². The van der Waals surface area contributed by atoms with E-state index in [0.717, 1.165) is 36.8 Å². The summed E-state index contributed by atoms with van der Waals surface area (Å²) < 4.78 is 8.89. The predicted molar refractivity (Wildman–Crippen MR) is 101 cm³/mol. The quantitative estimate of drug-likeness (QED) is 0.746. The lowest BCUT2D eigenvalue weighted by Gasteiger charge is -2.30. The van der Waals surface area contributed by atoms with Gasteiger partial charge in [-0.3, -0.25) is 9.36 Å². The van der Waals surface area contributed by atoms with E-state index in [-0.39, 0.29) is 11.9 Å². The fourth-order valence-corrected chi connectivity index (χ4v) is 3.59. The van der Waals surface area contributed by atoms with Gasteiger partial charge < -0.3 is 10.1 Å². The molecule has 1 saturated heterocycles. The molecule has 0 amide bonds. The number of nitrogens with one attached hydrogen (secondary N) is 1. The van der Waals surface area contributed by atoms with Gasteiger partial charge in [0.15, 0.2) is 0 Å². The number of carbonyl (C=O) groups is 1. The summed E-state index contributed by atoms with van der Waals surface area (Å²) in [5.41, 5.74) is 1.18. The molecule has 0 saturated carbocycles. The van der Waals surface area contributed by atoms with Crippen LogP contribution in [0.15, 0.2) is 34.9 Å². The minimum absolute atomic E-state index is 0.0488. The standard InChI is InChI=1S/C19H24BrN3O2/c1-3-17(13-8-10-21-11-9-13)25-19-22-12-16(23(19)2)18(24)14-4-6-15(20)7-5-14/h4-7,12-13,17,21H,3,8-11H2,1-2H3. The van der Waals surface area contributed by atoms with Gasteiger partial charge in [0.1, 0.15) is 11.8 Å². The number of hydrogen-bond acceptors (Lipinski definition) is 4. The van der Waals surface area contributed by atoms with Crippen LogP contribution in [0.5, 0.6) is 6.01 Å². The van der Waals surface area contributed by atoms with Crippen molar-refractivity contribution in [3.05, 3.63) is 46.2 Å². The molecule has 5 nitrogen and oxygen atoms in total. The monoisotopic (exact) mass is 405 g/mol. The lowest BCUT2D eigenvalue weighted by Crippen LogP contribution is -2.37. The minimum Gasteiger partial charge on any atom is -0.461 e. The molecule has 1 N–H and O–H groups in total. The van der Waals surface area contributed by atoms with E-state index in [1.807, 2.05) is 31.3 Å². The molecule has 134 valence electrons. The average molecular weight is 406 g/mol. The summed E-state index contributed by atoms with van der Waals surface area (Å²) in [6.45, 7) is 4.22. The third-order valence-electron chi connectivity index (χ3n) is 4.85. The van der Waals surface area contributed by atoms with E-state index in [1.54, 1.807) is 10.8 Å². The van der Waals surface area contributed by atoms with Crippen molar-refractivity contribution < 1.29 is 9.53 Å². The lowest BCUT2D eigenvalue weighted by molar-refractivity contribution is 0.0931. The molecule has 0 bridgehead atoms. The molecular formula is C19H24BrN3O2. The Balaban J connectivity index is 1.75. The molecular weight excluding hydrogens is 382 g/mol. The number of aromatic nitrogens is 2. The zero-order valence-electron chi connectivity index (χ0n) is 14.7. The molecule has 0 aliphatic carbocycles. The van der Waals surface area contributed by atoms with Crippen LogP contribution >= 0.6 is 15.9 Å². The Morgan fingerprint density at radius 2 is 2.04 bits per heavy atom. The molecule has 1 atom stereocenters. The maximum atomic E-state index is 12.7. The molecule has 3 rings (SSSR count). The van der Waals surface area contributed by atoms with E-state index < -0.39 is 0 Å². The van der Waals surface area contributed by atoms with Crippen LogP contribution in [0.4, 0.5) is 0 Å². The number of halogens is 1. The Morgan fingerprint density at radius 3 is 2.68 bits per heavy atom. The number of nitrogens with zero attached hydrogens (tertiary/aromatic N) is 2. The van der Waals surface area contributed by atoms with Crippen LogP contribution in [0.2, 0.25) is 0 Å². The summed E-state index contributed by atoms with van der Waals surface area (Å²) in [6, 6.07) is 7.87. The van der Waals surface area contributed by atoms with Gasteiger partial charge in [-0.25, -0.2) is 4.98 Å². The largest absolute Gasteiger partial charge is 0.461 e. The molecule has 0 spiro atoms. The van der Waals surface area contributed by atoms with Crippen LogP contribution < -0.4 is 10.1 Å². The maximum Gasteiger partial charge on any atom is 0.296 e. The van der Waals surface area contributed by atoms with Gasteiger partial charge in [0.05, 0.1) is 6.20 Å². The summed E-state index contributed by atoms with van der Waals surface area (Å²) in [6.07, 6.45) is 4.92. The van der Waals surface area contributed by atoms with Crippen LogP contribution in [0, 0.1) is 5.92 Å². The highest BCUT2D eigenvalue weighted by Gasteiger charge is 2.26. The second-order valence-electron chi connectivity index (χ2n) is 6.47. The number of benzene rings is 1. The second-order valence-corrected chi connectivity index (χ2v) is 7.39. The van der Waals surface area contributed by atoms with Gasteiger partial charge in [-0.15, -0.1) is 0 Å². The average Bonchev–Trinajstić information content (AvgIpc) is 3.01. The van der Waals surface area contributed by atoms with Crippen LogP contribution in [-0.2, 0) is 7.05 Å². The number of carbonyl (C=O) groups excluding carboxylic acids is 1. The summed E-state index contributed by atoms with van der Waals surface area (Å²) in [7, 11) is 1.84. The normalized spacial score (nSPS) is 16.6. The zero-order chi connectivity index (χ0) is 17.8. The van der Waals surface area contributed by atoms with Crippen molar-refractivity contribution in [3.63, 3.8) is 0 Å². The Bertz CT molecular complexity index is 721. The molecule has 1 aliphatic heterocycles. The molecule has 25 heavy (non-hydrogen) atoms. The molecule has 0 radical (unpaired) electrons. The topological polar surface area (TPSA) is 56.1 Å². The highest BCUT2D eigenvalue weighted by Crippen LogP contribution is 2.24. The summed E-state index contributed by atoms with van der Waals surface area (Å²) in [4.78, 5) is 17.1. The first kappa shape index (κ1) is 18.1. The summed E-state index contributed by atoms with van der Waals surface area (Å²) >= 11 is 3.39.